The fraction of sp³-hybridized carbons (Fsp3) is 0.118. The summed E-state index contributed by atoms with van der Waals surface area (Å²) in [7, 11) is 1.58. The second-order valence-electron chi connectivity index (χ2n) is 4.90. The standard InChI is InChI=1S/C17H15N3O2S/c1-11-7-8-18-16(19-11)12-3-5-13(6-4-12)20-17(21)15-9-14(22-2)10-23-15/h3-10H,1-2H3,(H,20,21). The number of hydrogen-bond donors (Lipinski definition) is 1. The molecule has 1 aromatic carbocycles. The molecule has 0 bridgehead atoms. The summed E-state index contributed by atoms with van der Waals surface area (Å²) in [5.74, 6) is 1.20. The molecule has 0 aliphatic rings. The maximum Gasteiger partial charge on any atom is 0.265 e. The van der Waals surface area contributed by atoms with Gasteiger partial charge in [-0.1, -0.05) is 0 Å². The molecule has 0 aliphatic heterocycles. The first-order valence-corrected chi connectivity index (χ1v) is 7.87. The number of carbonyl (C=O) groups is 1. The van der Waals surface area contributed by atoms with E-state index in [1.165, 1.54) is 11.3 Å². The number of nitrogens with one attached hydrogen (secondary N) is 1. The predicted molar refractivity (Wildman–Crippen MR) is 91.0 cm³/mol. The van der Waals surface area contributed by atoms with Crippen molar-refractivity contribution >= 4 is 22.9 Å². The zero-order valence-corrected chi connectivity index (χ0v) is 13.6. The van der Waals surface area contributed by atoms with Gasteiger partial charge in [0.2, 0.25) is 0 Å². The number of amides is 1. The Morgan fingerprint density at radius 2 is 2.00 bits per heavy atom. The maximum absolute atomic E-state index is 12.2. The van der Waals surface area contributed by atoms with Crippen molar-refractivity contribution in [3.8, 4) is 17.1 Å². The third kappa shape index (κ3) is 3.54. The highest BCUT2D eigenvalue weighted by Crippen LogP contribution is 2.23. The molecule has 1 N–H and O–H groups in total. The van der Waals surface area contributed by atoms with Gasteiger partial charge in [-0.25, -0.2) is 9.97 Å². The minimum atomic E-state index is -0.155. The minimum absolute atomic E-state index is 0.155. The Morgan fingerprint density at radius 3 is 2.65 bits per heavy atom. The van der Waals surface area contributed by atoms with Crippen LogP contribution >= 0.6 is 11.3 Å². The molecule has 0 radical (unpaired) electrons. The van der Waals surface area contributed by atoms with E-state index in [1.54, 1.807) is 24.8 Å². The van der Waals surface area contributed by atoms with Gasteiger partial charge in [0.25, 0.3) is 5.91 Å². The summed E-state index contributed by atoms with van der Waals surface area (Å²) in [6.07, 6.45) is 1.73. The fourth-order valence-electron chi connectivity index (χ4n) is 2.03. The lowest BCUT2D eigenvalue weighted by Gasteiger charge is -2.05. The van der Waals surface area contributed by atoms with E-state index in [0.717, 1.165) is 16.9 Å². The summed E-state index contributed by atoms with van der Waals surface area (Å²) in [6, 6.07) is 11.0. The molecule has 0 fully saturated rings. The number of methoxy groups -OCH3 is 1. The average Bonchev–Trinajstić information content (AvgIpc) is 3.05. The highest BCUT2D eigenvalue weighted by molar-refractivity contribution is 7.12. The fourth-order valence-corrected chi connectivity index (χ4v) is 2.78. The maximum atomic E-state index is 12.2. The Labute approximate surface area is 138 Å². The van der Waals surface area contributed by atoms with Crippen LogP contribution in [-0.4, -0.2) is 23.0 Å². The van der Waals surface area contributed by atoms with E-state index in [4.69, 9.17) is 4.74 Å². The van der Waals surface area contributed by atoms with Crippen molar-refractivity contribution in [2.45, 2.75) is 6.92 Å². The smallest absolute Gasteiger partial charge is 0.265 e. The highest BCUT2D eigenvalue weighted by Gasteiger charge is 2.10. The molecule has 0 unspecified atom stereocenters. The molecule has 2 heterocycles. The van der Waals surface area contributed by atoms with E-state index < -0.39 is 0 Å². The third-order valence-corrected chi connectivity index (χ3v) is 4.14. The number of benzene rings is 1. The van der Waals surface area contributed by atoms with Crippen molar-refractivity contribution in [3.63, 3.8) is 0 Å². The number of carbonyl (C=O) groups excluding carboxylic acids is 1. The third-order valence-electron chi connectivity index (χ3n) is 3.23. The zero-order valence-electron chi connectivity index (χ0n) is 12.7. The van der Waals surface area contributed by atoms with Gasteiger partial charge in [0.1, 0.15) is 5.75 Å². The number of hydrogen-bond acceptors (Lipinski definition) is 5. The Morgan fingerprint density at radius 1 is 1.22 bits per heavy atom. The SMILES string of the molecule is COc1csc(C(=O)Nc2ccc(-c3nccc(C)n3)cc2)c1. The molecule has 23 heavy (non-hydrogen) atoms. The number of anilines is 1. The van der Waals surface area contributed by atoms with E-state index in [9.17, 15) is 4.79 Å². The molecule has 1 amide bonds. The first kappa shape index (κ1) is 15.2. The van der Waals surface area contributed by atoms with E-state index in [0.29, 0.717) is 16.5 Å². The van der Waals surface area contributed by atoms with Crippen LogP contribution in [0.5, 0.6) is 5.75 Å². The molecule has 3 aromatic rings. The topological polar surface area (TPSA) is 64.1 Å². The van der Waals surface area contributed by atoms with Crippen LogP contribution in [0.1, 0.15) is 15.4 Å². The molecule has 0 spiro atoms. The van der Waals surface area contributed by atoms with Crippen LogP contribution in [0, 0.1) is 6.92 Å². The molecular weight excluding hydrogens is 310 g/mol. The number of ether oxygens (including phenoxy) is 1. The molecule has 0 saturated carbocycles. The second kappa shape index (κ2) is 6.58. The quantitative estimate of drug-likeness (QED) is 0.793. The van der Waals surface area contributed by atoms with E-state index in [1.807, 2.05) is 37.3 Å². The van der Waals surface area contributed by atoms with Crippen molar-refractivity contribution < 1.29 is 9.53 Å². The first-order valence-electron chi connectivity index (χ1n) is 6.99. The molecule has 116 valence electrons. The lowest BCUT2D eigenvalue weighted by molar-refractivity contribution is 0.103. The molecule has 6 heteroatoms. The normalized spacial score (nSPS) is 10.3. The van der Waals surface area contributed by atoms with Gasteiger partial charge in [0.05, 0.1) is 12.0 Å². The summed E-state index contributed by atoms with van der Waals surface area (Å²) in [6.45, 7) is 1.93. The van der Waals surface area contributed by atoms with Gasteiger partial charge in [-0.15, -0.1) is 11.3 Å². The summed E-state index contributed by atoms with van der Waals surface area (Å²) in [5, 5.41) is 4.66. The number of aromatic nitrogens is 2. The van der Waals surface area contributed by atoms with Gasteiger partial charge >= 0.3 is 0 Å². The molecule has 3 rings (SSSR count). The van der Waals surface area contributed by atoms with Gasteiger partial charge in [0, 0.05) is 34.6 Å². The number of rotatable bonds is 4. The Hall–Kier alpha value is -2.73. The Balaban J connectivity index is 1.73. The van der Waals surface area contributed by atoms with Crippen LogP contribution in [-0.2, 0) is 0 Å². The highest BCUT2D eigenvalue weighted by atomic mass is 32.1. The molecule has 0 aliphatic carbocycles. The van der Waals surface area contributed by atoms with E-state index >= 15 is 0 Å². The van der Waals surface area contributed by atoms with Crippen molar-refractivity contribution in [3.05, 3.63) is 58.5 Å². The van der Waals surface area contributed by atoms with Crippen LogP contribution in [0.3, 0.4) is 0 Å². The monoisotopic (exact) mass is 325 g/mol. The molecule has 2 aromatic heterocycles. The van der Waals surface area contributed by atoms with Crippen molar-refractivity contribution in [2.24, 2.45) is 0 Å². The lowest BCUT2D eigenvalue weighted by atomic mass is 10.2. The van der Waals surface area contributed by atoms with Gasteiger partial charge in [-0.05, 0) is 37.3 Å². The molecule has 0 atom stereocenters. The van der Waals surface area contributed by atoms with Crippen molar-refractivity contribution in [1.82, 2.24) is 9.97 Å². The summed E-state index contributed by atoms with van der Waals surface area (Å²) < 4.78 is 5.09. The summed E-state index contributed by atoms with van der Waals surface area (Å²) >= 11 is 1.35. The average molecular weight is 325 g/mol. The molecule has 0 saturated heterocycles. The first-order chi connectivity index (χ1) is 11.2. The van der Waals surface area contributed by atoms with Crippen molar-refractivity contribution in [2.75, 3.05) is 12.4 Å². The predicted octanol–water partition coefficient (Wildman–Crippen LogP) is 3.77. The van der Waals surface area contributed by atoms with Gasteiger partial charge in [0.15, 0.2) is 5.82 Å². The van der Waals surface area contributed by atoms with E-state index in [-0.39, 0.29) is 5.91 Å². The second-order valence-corrected chi connectivity index (χ2v) is 5.82. The number of aryl methyl sites for hydroxylation is 1. The van der Waals surface area contributed by atoms with Crippen LogP contribution in [0.4, 0.5) is 5.69 Å². The van der Waals surface area contributed by atoms with Crippen LogP contribution in [0.25, 0.3) is 11.4 Å². The Bertz CT molecular complexity index is 828. The van der Waals surface area contributed by atoms with Crippen LogP contribution < -0.4 is 10.1 Å². The number of thiophene rings is 1. The van der Waals surface area contributed by atoms with Crippen LogP contribution in [0.15, 0.2) is 48.0 Å². The van der Waals surface area contributed by atoms with E-state index in [2.05, 4.69) is 15.3 Å². The van der Waals surface area contributed by atoms with Gasteiger partial charge in [-0.2, -0.15) is 0 Å². The zero-order chi connectivity index (χ0) is 16.2. The van der Waals surface area contributed by atoms with Crippen molar-refractivity contribution in [1.29, 1.82) is 0 Å². The minimum Gasteiger partial charge on any atom is -0.496 e. The largest absolute Gasteiger partial charge is 0.496 e. The molecule has 5 nitrogen and oxygen atoms in total. The summed E-state index contributed by atoms with van der Waals surface area (Å²) in [4.78, 5) is 21.4. The van der Waals surface area contributed by atoms with Crippen LogP contribution in [0.2, 0.25) is 0 Å². The molecular formula is C17H15N3O2S. The van der Waals surface area contributed by atoms with Gasteiger partial charge < -0.3 is 10.1 Å². The van der Waals surface area contributed by atoms with Gasteiger partial charge in [-0.3, -0.25) is 4.79 Å². The lowest BCUT2D eigenvalue weighted by Crippen LogP contribution is -2.09. The summed E-state index contributed by atoms with van der Waals surface area (Å²) in [5.41, 5.74) is 2.54. The Kier molecular flexibility index (Phi) is 4.34. The number of nitrogens with zero attached hydrogens (tertiary/aromatic N) is 2.